The van der Waals surface area contributed by atoms with Crippen LogP contribution in [0.25, 0.3) is 0 Å². The van der Waals surface area contributed by atoms with E-state index < -0.39 is 10.8 Å². The highest BCUT2D eigenvalue weighted by molar-refractivity contribution is 5.75. The Morgan fingerprint density at radius 1 is 1.06 bits per heavy atom. The van der Waals surface area contributed by atoms with E-state index in [2.05, 4.69) is 19.2 Å². The molecule has 2 atom stereocenters. The van der Waals surface area contributed by atoms with Gasteiger partial charge in [0.1, 0.15) is 5.75 Å². The molecule has 7 nitrogen and oxygen atoms in total. The second-order valence-corrected chi connectivity index (χ2v) is 10.5. The molecule has 1 aromatic carbocycles. The molecule has 35 heavy (non-hydrogen) atoms. The Labute approximate surface area is 212 Å². The number of aliphatic hydroxyl groups is 1. The van der Waals surface area contributed by atoms with E-state index in [1.54, 1.807) is 0 Å². The Balaban J connectivity index is 2.68. The van der Waals surface area contributed by atoms with E-state index in [-0.39, 0.29) is 25.0 Å². The fourth-order valence-electron chi connectivity index (χ4n) is 3.88. The van der Waals surface area contributed by atoms with Crippen LogP contribution < -0.4 is 10.1 Å². The predicted molar refractivity (Wildman–Crippen MR) is 141 cm³/mol. The summed E-state index contributed by atoms with van der Waals surface area (Å²) in [5, 5.41) is 13.4. The molecular weight excluding hydrogens is 446 g/mol. The van der Waals surface area contributed by atoms with Crippen LogP contribution in [0.4, 0.5) is 5.69 Å². The van der Waals surface area contributed by atoms with Crippen molar-refractivity contribution in [3.63, 3.8) is 0 Å². The number of aryl methyl sites for hydroxylation is 2. The SMILES string of the molecule is CCOC(=O)C(C)(C)CCCCOc1cc(C)c(NCC(OC(C)OCC)C(C)(C)CO)c(C)c1. The van der Waals surface area contributed by atoms with Crippen molar-refractivity contribution >= 4 is 11.7 Å². The van der Waals surface area contributed by atoms with Gasteiger partial charge in [-0.25, -0.2) is 0 Å². The van der Waals surface area contributed by atoms with E-state index in [4.69, 9.17) is 18.9 Å². The Morgan fingerprint density at radius 2 is 1.69 bits per heavy atom. The molecule has 7 heteroatoms. The summed E-state index contributed by atoms with van der Waals surface area (Å²) in [7, 11) is 0. The molecule has 2 unspecified atom stereocenters. The topological polar surface area (TPSA) is 86.3 Å². The fourth-order valence-corrected chi connectivity index (χ4v) is 3.88. The number of benzene rings is 1. The van der Waals surface area contributed by atoms with Crippen LogP contribution in [0.2, 0.25) is 0 Å². The molecule has 1 rings (SSSR count). The van der Waals surface area contributed by atoms with Gasteiger partial charge < -0.3 is 29.4 Å². The zero-order valence-corrected chi connectivity index (χ0v) is 23.5. The van der Waals surface area contributed by atoms with E-state index in [0.29, 0.717) is 26.4 Å². The normalized spacial score (nSPS) is 13.9. The van der Waals surface area contributed by atoms with Gasteiger partial charge in [0, 0.05) is 24.3 Å². The quantitative estimate of drug-likeness (QED) is 0.164. The Bertz CT molecular complexity index is 754. The number of nitrogens with one attached hydrogen (secondary N) is 1. The molecule has 0 amide bonds. The smallest absolute Gasteiger partial charge is 0.311 e. The lowest BCUT2D eigenvalue weighted by Gasteiger charge is -2.35. The van der Waals surface area contributed by atoms with Gasteiger partial charge >= 0.3 is 5.97 Å². The summed E-state index contributed by atoms with van der Waals surface area (Å²) in [6.07, 6.45) is 1.95. The lowest BCUT2D eigenvalue weighted by Crippen LogP contribution is -2.42. The first-order chi connectivity index (χ1) is 16.4. The minimum absolute atomic E-state index is 0.0138. The maximum Gasteiger partial charge on any atom is 0.311 e. The second kappa shape index (κ2) is 14.7. The molecule has 0 aliphatic rings. The van der Waals surface area contributed by atoms with Gasteiger partial charge in [-0.3, -0.25) is 4.79 Å². The summed E-state index contributed by atoms with van der Waals surface area (Å²) in [5.74, 6) is 0.696. The molecule has 0 bridgehead atoms. The van der Waals surface area contributed by atoms with Crippen molar-refractivity contribution in [1.29, 1.82) is 0 Å². The number of aliphatic hydroxyl groups excluding tert-OH is 1. The maximum absolute atomic E-state index is 12.0. The van der Waals surface area contributed by atoms with E-state index in [1.807, 2.05) is 60.6 Å². The van der Waals surface area contributed by atoms with Gasteiger partial charge in [0.15, 0.2) is 6.29 Å². The first kappa shape index (κ1) is 31.2. The van der Waals surface area contributed by atoms with Gasteiger partial charge in [0.05, 0.1) is 31.3 Å². The lowest BCUT2D eigenvalue weighted by atomic mass is 9.87. The summed E-state index contributed by atoms with van der Waals surface area (Å²) < 4.78 is 22.8. The molecule has 0 aliphatic carbocycles. The van der Waals surface area contributed by atoms with Crippen molar-refractivity contribution in [3.8, 4) is 5.75 Å². The van der Waals surface area contributed by atoms with Gasteiger partial charge in [-0.2, -0.15) is 0 Å². The van der Waals surface area contributed by atoms with E-state index in [0.717, 1.165) is 41.8 Å². The third-order valence-electron chi connectivity index (χ3n) is 6.30. The van der Waals surface area contributed by atoms with Crippen molar-refractivity contribution in [2.75, 3.05) is 38.3 Å². The number of unbranched alkanes of at least 4 members (excludes halogenated alkanes) is 1. The Morgan fingerprint density at radius 3 is 2.23 bits per heavy atom. The first-order valence-electron chi connectivity index (χ1n) is 12.9. The summed E-state index contributed by atoms with van der Waals surface area (Å²) in [4.78, 5) is 12.0. The van der Waals surface area contributed by atoms with Crippen LogP contribution in [0.1, 0.15) is 78.9 Å². The number of carbonyl (C=O) groups excluding carboxylic acids is 1. The summed E-state index contributed by atoms with van der Waals surface area (Å²) >= 11 is 0. The van der Waals surface area contributed by atoms with Crippen molar-refractivity contribution in [2.45, 2.75) is 94.0 Å². The molecule has 0 fully saturated rings. The van der Waals surface area contributed by atoms with Crippen molar-refractivity contribution in [3.05, 3.63) is 23.3 Å². The molecule has 0 radical (unpaired) electrons. The standard InChI is InChI=1S/C28H49NO6/c1-10-32-22(5)35-24(28(8,9)19-30)18-29-25-20(3)16-23(17-21(25)4)34-15-13-12-14-27(6,7)26(31)33-11-2/h16-17,22,24,29-30H,10-15,18-19H2,1-9H3. The third kappa shape index (κ3) is 10.4. The number of hydrogen-bond acceptors (Lipinski definition) is 7. The number of esters is 1. The van der Waals surface area contributed by atoms with Gasteiger partial charge in [-0.15, -0.1) is 0 Å². The second-order valence-electron chi connectivity index (χ2n) is 10.5. The molecule has 0 aromatic heterocycles. The third-order valence-corrected chi connectivity index (χ3v) is 6.30. The van der Waals surface area contributed by atoms with Crippen molar-refractivity contribution in [1.82, 2.24) is 0 Å². The zero-order valence-electron chi connectivity index (χ0n) is 23.5. The highest BCUT2D eigenvalue weighted by Crippen LogP contribution is 2.30. The minimum Gasteiger partial charge on any atom is -0.494 e. The van der Waals surface area contributed by atoms with Crippen LogP contribution in [0.15, 0.2) is 12.1 Å². The molecule has 0 heterocycles. The fraction of sp³-hybridized carbons (Fsp3) is 0.750. The number of hydrogen-bond donors (Lipinski definition) is 2. The molecule has 2 N–H and O–H groups in total. The first-order valence-corrected chi connectivity index (χ1v) is 12.9. The highest BCUT2D eigenvalue weighted by Gasteiger charge is 2.31. The van der Waals surface area contributed by atoms with Crippen molar-refractivity contribution in [2.24, 2.45) is 10.8 Å². The van der Waals surface area contributed by atoms with Gasteiger partial charge in [-0.1, -0.05) is 13.8 Å². The Kier molecular flexibility index (Phi) is 13.1. The number of rotatable bonds is 17. The van der Waals surface area contributed by atoms with E-state index >= 15 is 0 Å². The van der Waals surface area contributed by atoms with E-state index in [9.17, 15) is 9.90 Å². The summed E-state index contributed by atoms with van der Waals surface area (Å²) in [5.41, 5.74) is 2.32. The average molecular weight is 496 g/mol. The van der Waals surface area contributed by atoms with E-state index in [1.165, 1.54) is 0 Å². The maximum atomic E-state index is 12.0. The van der Waals surface area contributed by atoms with Crippen LogP contribution in [-0.4, -0.2) is 56.4 Å². The summed E-state index contributed by atoms with van der Waals surface area (Å²) in [6, 6.07) is 4.07. The lowest BCUT2D eigenvalue weighted by molar-refractivity contribution is -0.183. The van der Waals surface area contributed by atoms with Crippen LogP contribution in [-0.2, 0) is 19.0 Å². The minimum atomic E-state index is -0.469. The number of ether oxygens (including phenoxy) is 4. The van der Waals surface area contributed by atoms with Crippen LogP contribution in [0.5, 0.6) is 5.75 Å². The average Bonchev–Trinajstić information content (AvgIpc) is 2.77. The Hall–Kier alpha value is -1.83. The predicted octanol–water partition coefficient (Wildman–Crippen LogP) is 5.64. The molecule has 0 saturated carbocycles. The monoisotopic (exact) mass is 495 g/mol. The molecule has 0 saturated heterocycles. The largest absolute Gasteiger partial charge is 0.494 e. The molecular formula is C28H49NO6. The highest BCUT2D eigenvalue weighted by atomic mass is 16.7. The molecule has 1 aromatic rings. The number of anilines is 1. The van der Waals surface area contributed by atoms with Gasteiger partial charge in [-0.05, 0) is 91.0 Å². The van der Waals surface area contributed by atoms with Crippen LogP contribution in [0.3, 0.4) is 0 Å². The van der Waals surface area contributed by atoms with Gasteiger partial charge in [0.2, 0.25) is 0 Å². The zero-order chi connectivity index (χ0) is 26.6. The van der Waals surface area contributed by atoms with Crippen LogP contribution >= 0.6 is 0 Å². The molecule has 202 valence electrons. The van der Waals surface area contributed by atoms with Crippen LogP contribution in [0, 0.1) is 24.7 Å². The summed E-state index contributed by atoms with van der Waals surface area (Å²) in [6.45, 7) is 19.7. The molecule has 0 spiro atoms. The van der Waals surface area contributed by atoms with Crippen molar-refractivity contribution < 1.29 is 28.8 Å². The molecule has 0 aliphatic heterocycles. The van der Waals surface area contributed by atoms with Gasteiger partial charge in [0.25, 0.3) is 0 Å². The number of carbonyl (C=O) groups is 1.